The van der Waals surface area contributed by atoms with Crippen molar-refractivity contribution in [2.24, 2.45) is 17.6 Å². The van der Waals surface area contributed by atoms with E-state index in [0.717, 1.165) is 11.4 Å². The normalized spacial score (nSPS) is 22.1. The summed E-state index contributed by atoms with van der Waals surface area (Å²) in [6.45, 7) is 8.30. The molecule has 0 aromatic carbocycles. The summed E-state index contributed by atoms with van der Waals surface area (Å²) in [6, 6.07) is 0. The van der Waals surface area contributed by atoms with Gasteiger partial charge in [-0.2, -0.15) is 0 Å². The summed E-state index contributed by atoms with van der Waals surface area (Å²) in [4.78, 5) is 34.2. The van der Waals surface area contributed by atoms with E-state index in [1.165, 1.54) is 0 Å². The second kappa shape index (κ2) is 5.19. The first kappa shape index (κ1) is 14.4. The Labute approximate surface area is 118 Å². The van der Waals surface area contributed by atoms with Crippen molar-refractivity contribution < 1.29 is 9.59 Å². The Morgan fingerprint density at radius 1 is 1.10 bits per heavy atom. The highest BCUT2D eigenvalue weighted by molar-refractivity contribution is 5.94. The Balaban J connectivity index is 2.25. The fourth-order valence-corrected chi connectivity index (χ4v) is 2.57. The lowest BCUT2D eigenvalue weighted by Gasteiger charge is -2.17. The molecule has 1 fully saturated rings. The van der Waals surface area contributed by atoms with Crippen LogP contribution in [0.1, 0.15) is 34.5 Å². The predicted octanol–water partition coefficient (Wildman–Crippen LogP) is 0.595. The molecule has 20 heavy (non-hydrogen) atoms. The van der Waals surface area contributed by atoms with Crippen LogP contribution in [-0.2, 0) is 4.79 Å². The van der Waals surface area contributed by atoms with E-state index in [4.69, 9.17) is 5.73 Å². The van der Waals surface area contributed by atoms with Gasteiger partial charge in [-0.1, -0.05) is 6.92 Å². The molecule has 108 valence electrons. The first-order valence-corrected chi connectivity index (χ1v) is 6.71. The molecule has 0 radical (unpaired) electrons. The van der Waals surface area contributed by atoms with E-state index in [0.29, 0.717) is 24.5 Å². The molecule has 1 aliphatic rings. The number of nitrogens with two attached hydrogens (primary N) is 1. The van der Waals surface area contributed by atoms with Gasteiger partial charge in [0, 0.05) is 13.1 Å². The molecule has 2 amide bonds. The standard InChI is InChI=1S/C14H20N4O2/c1-7-5-18(6-11(7)13(15)19)14(20)12-10(4)16-8(2)9(3)17-12/h7,11H,5-6H2,1-4H3,(H2,15,19)/t7-,11-/m1/s1. The number of hydrogen-bond acceptors (Lipinski definition) is 4. The van der Waals surface area contributed by atoms with Gasteiger partial charge in [0.25, 0.3) is 5.91 Å². The third-order valence-electron chi connectivity index (χ3n) is 3.95. The van der Waals surface area contributed by atoms with E-state index in [9.17, 15) is 9.59 Å². The summed E-state index contributed by atoms with van der Waals surface area (Å²) < 4.78 is 0. The third kappa shape index (κ3) is 2.50. The number of nitrogens with zero attached hydrogens (tertiary/aromatic N) is 3. The number of aromatic nitrogens is 2. The molecule has 1 aliphatic heterocycles. The lowest BCUT2D eigenvalue weighted by molar-refractivity contribution is -0.122. The first-order chi connectivity index (χ1) is 9.31. The van der Waals surface area contributed by atoms with Crippen molar-refractivity contribution >= 4 is 11.8 Å². The Kier molecular flexibility index (Phi) is 3.74. The number of carbonyl (C=O) groups excluding carboxylic acids is 2. The molecule has 1 saturated heterocycles. The Morgan fingerprint density at radius 3 is 2.25 bits per heavy atom. The van der Waals surface area contributed by atoms with E-state index >= 15 is 0 Å². The van der Waals surface area contributed by atoms with E-state index < -0.39 is 0 Å². The maximum atomic E-state index is 12.5. The SMILES string of the molecule is Cc1nc(C)c(C(=O)N2C[C@@H](C)[C@H](C(N)=O)C2)nc1C. The van der Waals surface area contributed by atoms with Crippen molar-refractivity contribution in [1.82, 2.24) is 14.9 Å². The summed E-state index contributed by atoms with van der Waals surface area (Å²) in [7, 11) is 0. The molecule has 0 saturated carbocycles. The molecule has 6 heteroatoms. The van der Waals surface area contributed by atoms with Crippen LogP contribution in [0, 0.1) is 32.6 Å². The van der Waals surface area contributed by atoms with Gasteiger partial charge in [0.2, 0.25) is 5.91 Å². The second-order valence-electron chi connectivity index (χ2n) is 5.52. The van der Waals surface area contributed by atoms with Crippen LogP contribution in [0.2, 0.25) is 0 Å². The van der Waals surface area contributed by atoms with Gasteiger partial charge in [-0.25, -0.2) is 4.98 Å². The lowest BCUT2D eigenvalue weighted by Crippen LogP contribution is -2.33. The van der Waals surface area contributed by atoms with E-state index in [-0.39, 0.29) is 23.7 Å². The summed E-state index contributed by atoms with van der Waals surface area (Å²) in [6.07, 6.45) is 0. The van der Waals surface area contributed by atoms with Crippen molar-refractivity contribution in [2.45, 2.75) is 27.7 Å². The van der Waals surface area contributed by atoms with Gasteiger partial charge in [-0.15, -0.1) is 0 Å². The highest BCUT2D eigenvalue weighted by Crippen LogP contribution is 2.24. The minimum Gasteiger partial charge on any atom is -0.369 e. The quantitative estimate of drug-likeness (QED) is 0.856. The van der Waals surface area contributed by atoms with E-state index in [1.54, 1.807) is 11.8 Å². The predicted molar refractivity (Wildman–Crippen MR) is 74.0 cm³/mol. The van der Waals surface area contributed by atoms with Gasteiger partial charge in [0.1, 0.15) is 5.69 Å². The molecule has 2 heterocycles. The van der Waals surface area contributed by atoms with Crippen molar-refractivity contribution in [3.8, 4) is 0 Å². The van der Waals surface area contributed by atoms with Crippen LogP contribution < -0.4 is 5.73 Å². The molecule has 0 bridgehead atoms. The molecular formula is C14H20N4O2. The highest BCUT2D eigenvalue weighted by Gasteiger charge is 2.37. The van der Waals surface area contributed by atoms with Gasteiger partial charge < -0.3 is 10.6 Å². The zero-order valence-corrected chi connectivity index (χ0v) is 12.3. The summed E-state index contributed by atoms with van der Waals surface area (Å²) >= 11 is 0. The number of primary amides is 1. The van der Waals surface area contributed by atoms with Gasteiger partial charge in [-0.3, -0.25) is 14.6 Å². The number of rotatable bonds is 2. The van der Waals surface area contributed by atoms with Crippen molar-refractivity contribution in [1.29, 1.82) is 0 Å². The Hall–Kier alpha value is -1.98. The largest absolute Gasteiger partial charge is 0.369 e. The van der Waals surface area contributed by atoms with Crippen LogP contribution >= 0.6 is 0 Å². The smallest absolute Gasteiger partial charge is 0.274 e. The molecule has 2 atom stereocenters. The lowest BCUT2D eigenvalue weighted by atomic mass is 9.98. The summed E-state index contributed by atoms with van der Waals surface area (Å²) in [5.74, 6) is -0.723. The Bertz CT molecular complexity index is 571. The first-order valence-electron chi connectivity index (χ1n) is 6.71. The van der Waals surface area contributed by atoms with Gasteiger partial charge in [-0.05, 0) is 26.7 Å². The van der Waals surface area contributed by atoms with Crippen LogP contribution in [-0.4, -0.2) is 39.8 Å². The maximum absolute atomic E-state index is 12.5. The van der Waals surface area contributed by atoms with E-state index in [2.05, 4.69) is 9.97 Å². The Morgan fingerprint density at radius 2 is 1.70 bits per heavy atom. The fraction of sp³-hybridized carbons (Fsp3) is 0.571. The zero-order chi connectivity index (χ0) is 15.0. The average molecular weight is 276 g/mol. The van der Waals surface area contributed by atoms with Crippen molar-refractivity contribution in [3.05, 3.63) is 22.8 Å². The zero-order valence-electron chi connectivity index (χ0n) is 12.3. The van der Waals surface area contributed by atoms with Gasteiger partial charge >= 0.3 is 0 Å². The van der Waals surface area contributed by atoms with Crippen LogP contribution in [0.15, 0.2) is 0 Å². The van der Waals surface area contributed by atoms with Gasteiger partial charge in [0.05, 0.1) is 23.0 Å². The molecule has 2 N–H and O–H groups in total. The average Bonchev–Trinajstić information content (AvgIpc) is 2.75. The molecule has 2 rings (SSSR count). The topological polar surface area (TPSA) is 89.2 Å². The number of aryl methyl sites for hydroxylation is 3. The van der Waals surface area contributed by atoms with Crippen LogP contribution in [0.4, 0.5) is 0 Å². The van der Waals surface area contributed by atoms with Crippen LogP contribution in [0.3, 0.4) is 0 Å². The highest BCUT2D eigenvalue weighted by atomic mass is 16.2. The number of amides is 2. The minimum atomic E-state index is -0.351. The fourth-order valence-electron chi connectivity index (χ4n) is 2.57. The van der Waals surface area contributed by atoms with Crippen LogP contribution in [0.25, 0.3) is 0 Å². The molecule has 0 aliphatic carbocycles. The third-order valence-corrected chi connectivity index (χ3v) is 3.95. The number of carbonyl (C=O) groups is 2. The molecule has 1 aromatic heterocycles. The molecule has 0 unspecified atom stereocenters. The van der Waals surface area contributed by atoms with E-state index in [1.807, 2.05) is 20.8 Å². The van der Waals surface area contributed by atoms with Crippen molar-refractivity contribution in [2.75, 3.05) is 13.1 Å². The van der Waals surface area contributed by atoms with Crippen LogP contribution in [0.5, 0.6) is 0 Å². The maximum Gasteiger partial charge on any atom is 0.274 e. The molecule has 0 spiro atoms. The number of hydrogen-bond donors (Lipinski definition) is 1. The van der Waals surface area contributed by atoms with Crippen molar-refractivity contribution in [3.63, 3.8) is 0 Å². The molecule has 6 nitrogen and oxygen atoms in total. The molecular weight excluding hydrogens is 256 g/mol. The monoisotopic (exact) mass is 276 g/mol. The minimum absolute atomic E-state index is 0.0799. The summed E-state index contributed by atoms with van der Waals surface area (Å²) in [5, 5.41) is 0. The summed E-state index contributed by atoms with van der Waals surface area (Å²) in [5.41, 5.74) is 7.91. The molecule has 1 aromatic rings. The van der Waals surface area contributed by atoms with Gasteiger partial charge in [0.15, 0.2) is 0 Å². The number of likely N-dealkylation sites (tertiary alicyclic amines) is 1. The second-order valence-corrected chi connectivity index (χ2v) is 5.52.